The number of primary amides is 1. The lowest BCUT2D eigenvalue weighted by Gasteiger charge is -2.29. The Morgan fingerprint density at radius 3 is 2.32 bits per heavy atom. The van der Waals surface area contributed by atoms with Gasteiger partial charge >= 0.3 is 0 Å². The van der Waals surface area contributed by atoms with Crippen LogP contribution in [0.5, 0.6) is 11.5 Å². The first kappa shape index (κ1) is 27.7. The van der Waals surface area contributed by atoms with Crippen LogP contribution in [-0.4, -0.2) is 39.4 Å². The number of anilines is 1. The van der Waals surface area contributed by atoms with Crippen LogP contribution in [0.1, 0.15) is 23.2 Å². The molecule has 12 heteroatoms. The smallest absolute Gasteiger partial charge is 0.262 e. The Morgan fingerprint density at radius 2 is 1.66 bits per heavy atom. The zero-order valence-electron chi connectivity index (χ0n) is 20.1. The van der Waals surface area contributed by atoms with Gasteiger partial charge in [-0.2, -0.15) is 0 Å². The highest BCUT2D eigenvalue weighted by atomic mass is 35.5. The summed E-state index contributed by atoms with van der Waals surface area (Å²) in [6, 6.07) is 15.7. The van der Waals surface area contributed by atoms with Crippen LogP contribution in [0.4, 0.5) is 5.69 Å². The fourth-order valence-corrected chi connectivity index (χ4v) is 5.65. The van der Waals surface area contributed by atoms with Gasteiger partial charge in [-0.3, -0.25) is 14.3 Å². The van der Waals surface area contributed by atoms with Gasteiger partial charge in [0.15, 0.2) is 5.75 Å². The molecule has 1 atom stereocenters. The number of ether oxygens (including phenoxy) is 1. The van der Waals surface area contributed by atoms with Crippen molar-refractivity contribution in [1.82, 2.24) is 10.6 Å². The van der Waals surface area contributed by atoms with Crippen molar-refractivity contribution in [2.75, 3.05) is 17.8 Å². The van der Waals surface area contributed by atoms with Gasteiger partial charge in [-0.25, -0.2) is 8.42 Å². The molecule has 5 N–H and O–H groups in total. The molecule has 1 heterocycles. The maximum absolute atomic E-state index is 13.1. The second kappa shape index (κ2) is 12.0. The van der Waals surface area contributed by atoms with Crippen LogP contribution in [0.25, 0.3) is 0 Å². The maximum Gasteiger partial charge on any atom is 0.262 e. The number of halogens is 2. The second-order valence-corrected chi connectivity index (χ2v) is 11.3. The summed E-state index contributed by atoms with van der Waals surface area (Å²) in [5.41, 5.74) is 5.92. The number of amides is 2. The third kappa shape index (κ3) is 6.76. The molecule has 0 spiro atoms. The fourth-order valence-electron chi connectivity index (χ4n) is 4.13. The summed E-state index contributed by atoms with van der Waals surface area (Å²) in [7, 11) is -4.04. The molecule has 9 nitrogen and oxygen atoms in total. The number of hydrogen-bond donors (Lipinski definition) is 4. The van der Waals surface area contributed by atoms with Gasteiger partial charge in [-0.05, 0) is 86.4 Å². The van der Waals surface area contributed by atoms with Gasteiger partial charge in [0.05, 0.1) is 15.6 Å². The summed E-state index contributed by atoms with van der Waals surface area (Å²) in [6.45, 7) is 1.48. The standard InChI is InChI=1S/C26H26Cl2N4O5S/c27-18-7-10-22(20(28)15-18)37-23-4-2-1-3-21(23)32-38(35,36)19-8-5-17(6-9-19)26(34)31-24(25(29)33)16-11-13-30-14-12-16/h1-10,15-16,24,30,32H,11-14H2,(H2,29,33)(H,31,34). The predicted octanol–water partition coefficient (Wildman–Crippen LogP) is 4.17. The Morgan fingerprint density at radius 1 is 0.974 bits per heavy atom. The van der Waals surface area contributed by atoms with Crippen molar-refractivity contribution in [2.45, 2.75) is 23.8 Å². The number of benzene rings is 3. The number of nitrogens with two attached hydrogens (primary N) is 1. The van der Waals surface area contributed by atoms with Crippen LogP contribution in [-0.2, 0) is 14.8 Å². The highest BCUT2D eigenvalue weighted by Gasteiger charge is 2.29. The van der Waals surface area contributed by atoms with E-state index in [-0.39, 0.29) is 32.8 Å². The fraction of sp³-hybridized carbons (Fsp3) is 0.231. The summed E-state index contributed by atoms with van der Waals surface area (Å²) in [5.74, 6) is -0.646. The highest BCUT2D eigenvalue weighted by molar-refractivity contribution is 7.92. The van der Waals surface area contributed by atoms with Crippen LogP contribution in [0, 0.1) is 5.92 Å². The van der Waals surface area contributed by atoms with Crippen LogP contribution in [0.15, 0.2) is 71.6 Å². The summed E-state index contributed by atoms with van der Waals surface area (Å²) >= 11 is 12.1. The molecule has 0 aliphatic carbocycles. The lowest BCUT2D eigenvalue weighted by Crippen LogP contribution is -2.51. The number of piperidine rings is 1. The Balaban J connectivity index is 1.48. The van der Waals surface area contributed by atoms with Gasteiger partial charge in [-0.1, -0.05) is 35.3 Å². The zero-order valence-corrected chi connectivity index (χ0v) is 22.4. The lowest BCUT2D eigenvalue weighted by atomic mass is 9.89. The number of para-hydroxylation sites is 2. The molecule has 1 unspecified atom stereocenters. The molecule has 38 heavy (non-hydrogen) atoms. The van der Waals surface area contributed by atoms with Crippen molar-refractivity contribution in [3.05, 3.63) is 82.3 Å². The van der Waals surface area contributed by atoms with Crippen molar-refractivity contribution >= 4 is 50.7 Å². The number of carbonyl (C=O) groups excluding carboxylic acids is 2. The predicted molar refractivity (Wildman–Crippen MR) is 146 cm³/mol. The molecule has 0 saturated carbocycles. The van der Waals surface area contributed by atoms with Gasteiger partial charge in [0, 0.05) is 10.6 Å². The maximum atomic E-state index is 13.1. The number of carbonyl (C=O) groups is 2. The quantitative estimate of drug-likeness (QED) is 0.301. The summed E-state index contributed by atoms with van der Waals surface area (Å²) in [4.78, 5) is 24.7. The van der Waals surface area contributed by atoms with Crippen LogP contribution < -0.4 is 25.8 Å². The van der Waals surface area contributed by atoms with Crippen LogP contribution >= 0.6 is 23.2 Å². The third-order valence-corrected chi connectivity index (χ3v) is 8.03. The first-order valence-electron chi connectivity index (χ1n) is 11.8. The molecule has 3 aromatic rings. The van der Waals surface area contributed by atoms with Gasteiger partial charge in [0.1, 0.15) is 11.8 Å². The largest absolute Gasteiger partial charge is 0.454 e. The van der Waals surface area contributed by atoms with E-state index in [0.29, 0.717) is 23.6 Å². The highest BCUT2D eigenvalue weighted by Crippen LogP contribution is 2.35. The monoisotopic (exact) mass is 576 g/mol. The average molecular weight is 577 g/mol. The van der Waals surface area contributed by atoms with E-state index in [9.17, 15) is 18.0 Å². The zero-order chi connectivity index (χ0) is 27.3. The molecule has 2 amide bonds. The topological polar surface area (TPSA) is 140 Å². The van der Waals surface area contributed by atoms with Gasteiger partial charge in [0.25, 0.3) is 15.9 Å². The van der Waals surface area contributed by atoms with E-state index < -0.39 is 27.9 Å². The Bertz CT molecular complexity index is 1430. The molecule has 1 aliphatic rings. The molecule has 1 saturated heterocycles. The molecule has 4 rings (SSSR count). The van der Waals surface area contributed by atoms with E-state index in [1.54, 1.807) is 36.4 Å². The number of nitrogens with one attached hydrogen (secondary N) is 3. The molecule has 1 fully saturated rings. The van der Waals surface area contributed by atoms with Gasteiger partial charge < -0.3 is 21.1 Å². The first-order valence-corrected chi connectivity index (χ1v) is 14.0. The summed E-state index contributed by atoms with van der Waals surface area (Å²) in [6.07, 6.45) is 1.43. The normalized spacial score (nSPS) is 14.9. The van der Waals surface area contributed by atoms with E-state index in [4.69, 9.17) is 33.7 Å². The minimum atomic E-state index is -4.04. The lowest BCUT2D eigenvalue weighted by molar-refractivity contribution is -0.121. The van der Waals surface area contributed by atoms with Crippen molar-refractivity contribution < 1.29 is 22.7 Å². The molecule has 0 aromatic heterocycles. The van der Waals surface area contributed by atoms with Crippen molar-refractivity contribution in [2.24, 2.45) is 11.7 Å². The van der Waals surface area contributed by atoms with E-state index in [1.807, 2.05) is 0 Å². The molecule has 200 valence electrons. The van der Waals surface area contributed by atoms with Gasteiger partial charge in [-0.15, -0.1) is 0 Å². The molecule has 3 aromatic carbocycles. The van der Waals surface area contributed by atoms with E-state index in [2.05, 4.69) is 15.4 Å². The molecule has 0 bridgehead atoms. The molecule has 0 radical (unpaired) electrons. The van der Waals surface area contributed by atoms with E-state index in [1.165, 1.54) is 30.3 Å². The second-order valence-electron chi connectivity index (χ2n) is 8.74. The Hall–Kier alpha value is -3.31. The Kier molecular flexibility index (Phi) is 8.78. The molecular weight excluding hydrogens is 551 g/mol. The van der Waals surface area contributed by atoms with Crippen LogP contribution in [0.2, 0.25) is 10.0 Å². The van der Waals surface area contributed by atoms with Crippen LogP contribution in [0.3, 0.4) is 0 Å². The molecule has 1 aliphatic heterocycles. The molecular formula is C26H26Cl2N4O5S. The van der Waals surface area contributed by atoms with Crippen molar-refractivity contribution in [3.63, 3.8) is 0 Å². The number of sulfonamides is 1. The average Bonchev–Trinajstić information content (AvgIpc) is 2.90. The Labute approximate surface area is 230 Å². The van der Waals surface area contributed by atoms with E-state index in [0.717, 1.165) is 13.1 Å². The SMILES string of the molecule is NC(=O)C(NC(=O)c1ccc(S(=O)(=O)Nc2ccccc2Oc2ccc(Cl)cc2Cl)cc1)C1CCNCC1. The first-order chi connectivity index (χ1) is 18.1. The summed E-state index contributed by atoms with van der Waals surface area (Å²) in [5, 5.41) is 6.60. The van der Waals surface area contributed by atoms with Crippen molar-refractivity contribution in [1.29, 1.82) is 0 Å². The number of hydrogen-bond acceptors (Lipinski definition) is 6. The van der Waals surface area contributed by atoms with Gasteiger partial charge in [0.2, 0.25) is 5.91 Å². The third-order valence-electron chi connectivity index (χ3n) is 6.12. The van der Waals surface area contributed by atoms with E-state index >= 15 is 0 Å². The summed E-state index contributed by atoms with van der Waals surface area (Å²) < 4.78 is 34.5. The van der Waals surface area contributed by atoms with Crippen molar-refractivity contribution in [3.8, 4) is 11.5 Å². The minimum Gasteiger partial charge on any atom is -0.454 e. The minimum absolute atomic E-state index is 0.0633. The number of rotatable bonds is 9.